The van der Waals surface area contributed by atoms with Crippen molar-refractivity contribution in [3.05, 3.63) is 48.0 Å². The topological polar surface area (TPSA) is 0 Å². The van der Waals surface area contributed by atoms with Crippen LogP contribution in [0.15, 0.2) is 36.9 Å². The zero-order valence-electron chi connectivity index (χ0n) is 13.8. The van der Waals surface area contributed by atoms with Crippen molar-refractivity contribution in [1.82, 2.24) is 0 Å². The fourth-order valence-corrected chi connectivity index (χ4v) is 2.75. The average Bonchev–Trinajstić information content (AvgIpc) is 2.46. The van der Waals surface area contributed by atoms with Crippen LogP contribution in [0.25, 0.3) is 0 Å². The van der Waals surface area contributed by atoms with E-state index >= 15 is 0 Å². The number of hydrogen-bond acceptors (Lipinski definition) is 0. The predicted octanol–water partition coefficient (Wildman–Crippen LogP) is 6.44. The van der Waals surface area contributed by atoms with Gasteiger partial charge < -0.3 is 0 Å². The van der Waals surface area contributed by atoms with E-state index in [1.54, 1.807) is 0 Å². The molecule has 0 spiro atoms. The summed E-state index contributed by atoms with van der Waals surface area (Å²) in [6, 6.07) is 8.87. The molecule has 0 amide bonds. The number of aryl methyl sites for hydroxylation is 1. The maximum atomic E-state index is 3.99. The number of allylic oxidation sites excluding steroid dienone is 1. The van der Waals surface area contributed by atoms with Gasteiger partial charge in [0.25, 0.3) is 0 Å². The Bertz CT molecular complexity index is 387. The van der Waals surface area contributed by atoms with Gasteiger partial charge in [0, 0.05) is 5.41 Å². The van der Waals surface area contributed by atoms with E-state index in [4.69, 9.17) is 0 Å². The molecule has 0 unspecified atom stereocenters. The summed E-state index contributed by atoms with van der Waals surface area (Å²) in [6.45, 7) is 10.8. The fourth-order valence-electron chi connectivity index (χ4n) is 2.75. The van der Waals surface area contributed by atoms with Gasteiger partial charge in [0.15, 0.2) is 0 Å². The third-order valence-electron chi connectivity index (χ3n) is 4.27. The third kappa shape index (κ3) is 5.53. The molecule has 1 aromatic carbocycles. The molecule has 0 aliphatic rings. The highest BCUT2D eigenvalue weighted by Crippen LogP contribution is 2.28. The standard InChI is InChI=1S/C20H32/c1-5-7-8-9-10-11-12-15-18-16-13-14-17-19(18)20(3,4)6-2/h6,13-14,16-17H,2,5,7-12,15H2,1,3-4H3. The molecule has 0 fully saturated rings. The molecule has 112 valence electrons. The average molecular weight is 272 g/mol. The maximum absolute atomic E-state index is 3.99. The van der Waals surface area contributed by atoms with Crippen LogP contribution in [0.5, 0.6) is 0 Å². The molecule has 0 aromatic heterocycles. The van der Waals surface area contributed by atoms with Crippen LogP contribution >= 0.6 is 0 Å². The smallest absolute Gasteiger partial charge is 0.00754 e. The van der Waals surface area contributed by atoms with Crippen molar-refractivity contribution in [3.8, 4) is 0 Å². The van der Waals surface area contributed by atoms with Crippen LogP contribution in [0, 0.1) is 0 Å². The maximum Gasteiger partial charge on any atom is 0.00754 e. The summed E-state index contributed by atoms with van der Waals surface area (Å²) in [7, 11) is 0. The second kappa shape index (κ2) is 9.00. The minimum Gasteiger partial charge on any atom is -0.102 e. The van der Waals surface area contributed by atoms with Gasteiger partial charge in [-0.15, -0.1) is 6.58 Å². The molecular weight excluding hydrogens is 240 g/mol. The van der Waals surface area contributed by atoms with E-state index < -0.39 is 0 Å². The Morgan fingerprint density at radius 3 is 2.20 bits per heavy atom. The number of unbranched alkanes of at least 4 members (excludes halogenated alkanes) is 6. The molecule has 1 aromatic rings. The first-order chi connectivity index (χ1) is 9.61. The van der Waals surface area contributed by atoms with Crippen LogP contribution in [0.2, 0.25) is 0 Å². The summed E-state index contributed by atoms with van der Waals surface area (Å²) in [5.74, 6) is 0. The van der Waals surface area contributed by atoms with E-state index in [9.17, 15) is 0 Å². The Morgan fingerprint density at radius 2 is 1.55 bits per heavy atom. The second-order valence-corrected chi connectivity index (χ2v) is 6.45. The molecule has 1 rings (SSSR count). The van der Waals surface area contributed by atoms with Crippen molar-refractivity contribution in [1.29, 1.82) is 0 Å². The quantitative estimate of drug-likeness (QED) is 0.339. The highest BCUT2D eigenvalue weighted by atomic mass is 14.2. The molecule has 0 saturated heterocycles. The van der Waals surface area contributed by atoms with E-state index in [0.29, 0.717) is 0 Å². The van der Waals surface area contributed by atoms with Gasteiger partial charge in [0.2, 0.25) is 0 Å². The molecule has 0 heteroatoms. The van der Waals surface area contributed by atoms with Gasteiger partial charge in [-0.05, 0) is 24.0 Å². The van der Waals surface area contributed by atoms with Crippen molar-refractivity contribution < 1.29 is 0 Å². The van der Waals surface area contributed by atoms with Gasteiger partial charge in [-0.25, -0.2) is 0 Å². The van der Waals surface area contributed by atoms with Crippen LogP contribution in [-0.2, 0) is 11.8 Å². The summed E-state index contributed by atoms with van der Waals surface area (Å²) < 4.78 is 0. The van der Waals surface area contributed by atoms with E-state index in [0.717, 1.165) is 0 Å². The van der Waals surface area contributed by atoms with Crippen LogP contribution in [0.4, 0.5) is 0 Å². The zero-order valence-corrected chi connectivity index (χ0v) is 13.8. The fraction of sp³-hybridized carbons (Fsp3) is 0.600. The highest BCUT2D eigenvalue weighted by molar-refractivity contribution is 5.36. The molecular formula is C20H32. The van der Waals surface area contributed by atoms with Crippen LogP contribution in [0.1, 0.15) is 76.8 Å². The summed E-state index contributed by atoms with van der Waals surface area (Å²) in [5, 5.41) is 0. The lowest BCUT2D eigenvalue weighted by atomic mass is 9.81. The van der Waals surface area contributed by atoms with Gasteiger partial charge in [0.05, 0.1) is 0 Å². The SMILES string of the molecule is C=CC(C)(C)c1ccccc1CCCCCCCCC. The summed E-state index contributed by atoms with van der Waals surface area (Å²) >= 11 is 0. The molecule has 0 bridgehead atoms. The molecule has 0 nitrogen and oxygen atoms in total. The van der Waals surface area contributed by atoms with Crippen LogP contribution in [0.3, 0.4) is 0 Å². The first kappa shape index (κ1) is 17.0. The lowest BCUT2D eigenvalue weighted by Gasteiger charge is -2.24. The molecule has 0 heterocycles. The molecule has 0 aliphatic heterocycles. The Kier molecular flexibility index (Phi) is 7.65. The largest absolute Gasteiger partial charge is 0.102 e. The number of rotatable bonds is 10. The first-order valence-corrected chi connectivity index (χ1v) is 8.33. The Balaban J connectivity index is 2.42. The lowest BCUT2D eigenvalue weighted by molar-refractivity contribution is 0.585. The van der Waals surface area contributed by atoms with Gasteiger partial charge >= 0.3 is 0 Å². The first-order valence-electron chi connectivity index (χ1n) is 8.33. The Hall–Kier alpha value is -1.04. The van der Waals surface area contributed by atoms with Crippen molar-refractivity contribution in [3.63, 3.8) is 0 Å². The van der Waals surface area contributed by atoms with E-state index in [1.165, 1.54) is 62.5 Å². The number of benzene rings is 1. The van der Waals surface area contributed by atoms with Gasteiger partial charge in [0.1, 0.15) is 0 Å². The van der Waals surface area contributed by atoms with Crippen molar-refractivity contribution in [2.75, 3.05) is 0 Å². The minimum atomic E-state index is 0.0811. The molecule has 0 atom stereocenters. The van der Waals surface area contributed by atoms with E-state index in [2.05, 4.69) is 57.7 Å². The zero-order chi connectivity index (χ0) is 14.8. The summed E-state index contributed by atoms with van der Waals surface area (Å²) in [4.78, 5) is 0. The van der Waals surface area contributed by atoms with Gasteiger partial charge in [-0.2, -0.15) is 0 Å². The number of hydrogen-bond donors (Lipinski definition) is 0. The molecule has 0 aliphatic carbocycles. The second-order valence-electron chi connectivity index (χ2n) is 6.45. The molecule has 0 N–H and O–H groups in total. The Morgan fingerprint density at radius 1 is 0.950 bits per heavy atom. The van der Waals surface area contributed by atoms with Crippen molar-refractivity contribution in [2.24, 2.45) is 0 Å². The van der Waals surface area contributed by atoms with E-state index in [-0.39, 0.29) is 5.41 Å². The third-order valence-corrected chi connectivity index (χ3v) is 4.27. The summed E-state index contributed by atoms with van der Waals surface area (Å²) in [5.41, 5.74) is 3.03. The van der Waals surface area contributed by atoms with Gasteiger partial charge in [-0.3, -0.25) is 0 Å². The predicted molar refractivity (Wildman–Crippen MR) is 91.4 cm³/mol. The monoisotopic (exact) mass is 272 g/mol. The summed E-state index contributed by atoms with van der Waals surface area (Å²) in [6.07, 6.45) is 12.9. The van der Waals surface area contributed by atoms with Gasteiger partial charge in [-0.1, -0.05) is 89.6 Å². The lowest BCUT2D eigenvalue weighted by Crippen LogP contribution is -2.15. The normalized spacial score (nSPS) is 11.6. The molecule has 0 saturated carbocycles. The Labute approximate surface area is 126 Å². The minimum absolute atomic E-state index is 0.0811. The highest BCUT2D eigenvalue weighted by Gasteiger charge is 2.18. The van der Waals surface area contributed by atoms with Crippen LogP contribution in [-0.4, -0.2) is 0 Å². The van der Waals surface area contributed by atoms with Crippen molar-refractivity contribution in [2.45, 2.75) is 77.6 Å². The van der Waals surface area contributed by atoms with E-state index in [1.807, 2.05) is 0 Å². The molecule has 0 radical (unpaired) electrons. The van der Waals surface area contributed by atoms with Crippen LogP contribution < -0.4 is 0 Å². The molecule has 20 heavy (non-hydrogen) atoms. The van der Waals surface area contributed by atoms with Crippen molar-refractivity contribution >= 4 is 0 Å².